The van der Waals surface area contributed by atoms with E-state index >= 15 is 0 Å². The van der Waals surface area contributed by atoms with Gasteiger partial charge in [0.2, 0.25) is 15.9 Å². The fourth-order valence-corrected chi connectivity index (χ4v) is 5.05. The Morgan fingerprint density at radius 2 is 1.75 bits per heavy atom. The lowest BCUT2D eigenvalue weighted by Crippen LogP contribution is -2.42. The summed E-state index contributed by atoms with van der Waals surface area (Å²) < 4.78 is 39.6. The molecule has 0 bridgehead atoms. The Hall–Kier alpha value is -1.67. The van der Waals surface area contributed by atoms with Crippen LogP contribution in [0.4, 0.5) is 4.39 Å². The van der Waals surface area contributed by atoms with Crippen molar-refractivity contribution in [1.82, 2.24) is 9.62 Å². The highest BCUT2D eigenvalue weighted by molar-refractivity contribution is 7.89. The topological polar surface area (TPSA) is 66.5 Å². The first-order valence-electron chi connectivity index (χ1n) is 8.75. The lowest BCUT2D eigenvalue weighted by Gasteiger charge is -2.30. The first-order chi connectivity index (χ1) is 13.3. The Bertz CT molecular complexity index is 960. The average molecular weight is 445 g/mol. The highest BCUT2D eigenvalue weighted by atomic mass is 35.5. The summed E-state index contributed by atoms with van der Waals surface area (Å²) in [6.07, 6.45) is 0.835. The maximum atomic E-state index is 13.0. The van der Waals surface area contributed by atoms with Gasteiger partial charge in [-0.15, -0.1) is 0 Å². The van der Waals surface area contributed by atoms with Crippen molar-refractivity contribution < 1.29 is 17.6 Å². The molecule has 1 fully saturated rings. The van der Waals surface area contributed by atoms with Crippen LogP contribution in [0.1, 0.15) is 18.4 Å². The number of carbonyl (C=O) groups excluding carboxylic acids is 1. The van der Waals surface area contributed by atoms with Gasteiger partial charge >= 0.3 is 0 Å². The van der Waals surface area contributed by atoms with E-state index in [-0.39, 0.29) is 36.4 Å². The number of sulfonamides is 1. The standard InChI is InChI=1S/C19H19Cl2FN2O3S/c20-15-2-1-14(18(21)11-15)12-23-19(25)13-7-9-24(10-8-13)28(26,27)17-5-3-16(22)4-6-17/h1-6,11,13H,7-10,12H2,(H,23,25). The second kappa shape index (κ2) is 8.78. The van der Waals surface area contributed by atoms with Crippen LogP contribution >= 0.6 is 23.2 Å². The Kier molecular flexibility index (Phi) is 6.60. The molecule has 0 atom stereocenters. The van der Waals surface area contributed by atoms with Crippen LogP contribution in [0, 0.1) is 11.7 Å². The number of benzene rings is 2. The van der Waals surface area contributed by atoms with Gasteiger partial charge in [-0.3, -0.25) is 4.79 Å². The Balaban J connectivity index is 1.55. The quantitative estimate of drug-likeness (QED) is 0.761. The van der Waals surface area contributed by atoms with E-state index in [1.807, 2.05) is 0 Å². The Labute approximate surface area is 173 Å². The van der Waals surface area contributed by atoms with Crippen molar-refractivity contribution in [2.45, 2.75) is 24.3 Å². The van der Waals surface area contributed by atoms with Gasteiger partial charge in [0.25, 0.3) is 0 Å². The van der Waals surface area contributed by atoms with E-state index in [0.29, 0.717) is 22.9 Å². The van der Waals surface area contributed by atoms with E-state index in [2.05, 4.69) is 5.32 Å². The van der Waals surface area contributed by atoms with Gasteiger partial charge in [-0.2, -0.15) is 4.31 Å². The molecule has 1 aliphatic heterocycles. The monoisotopic (exact) mass is 444 g/mol. The summed E-state index contributed by atoms with van der Waals surface area (Å²) in [5.74, 6) is -0.897. The maximum absolute atomic E-state index is 13.0. The van der Waals surface area contributed by atoms with Gasteiger partial charge in [0.15, 0.2) is 0 Å². The molecule has 0 radical (unpaired) electrons. The van der Waals surface area contributed by atoms with E-state index in [1.165, 1.54) is 16.4 Å². The average Bonchev–Trinajstić information content (AvgIpc) is 2.67. The highest BCUT2D eigenvalue weighted by Crippen LogP contribution is 2.25. The van der Waals surface area contributed by atoms with Gasteiger partial charge in [0.1, 0.15) is 5.82 Å². The number of carbonyl (C=O) groups is 1. The zero-order valence-corrected chi connectivity index (χ0v) is 17.2. The number of hydrogen-bond acceptors (Lipinski definition) is 3. The van der Waals surface area contributed by atoms with Gasteiger partial charge in [-0.25, -0.2) is 12.8 Å². The van der Waals surface area contributed by atoms with Gasteiger partial charge < -0.3 is 5.32 Å². The second-order valence-electron chi connectivity index (χ2n) is 6.59. The van der Waals surface area contributed by atoms with Crippen LogP contribution in [0.25, 0.3) is 0 Å². The van der Waals surface area contributed by atoms with Crippen molar-refractivity contribution in [3.8, 4) is 0 Å². The molecule has 0 spiro atoms. The number of hydrogen-bond donors (Lipinski definition) is 1. The highest BCUT2D eigenvalue weighted by Gasteiger charge is 2.32. The molecule has 0 unspecified atom stereocenters. The molecular weight excluding hydrogens is 426 g/mol. The number of halogens is 3. The molecule has 1 heterocycles. The van der Waals surface area contributed by atoms with E-state index in [1.54, 1.807) is 18.2 Å². The number of nitrogens with zero attached hydrogens (tertiary/aromatic N) is 1. The molecular formula is C19H19Cl2FN2O3S. The zero-order chi connectivity index (χ0) is 20.3. The van der Waals surface area contributed by atoms with Crippen LogP contribution in [-0.2, 0) is 21.4 Å². The molecule has 0 aliphatic carbocycles. The molecule has 1 saturated heterocycles. The number of piperidine rings is 1. The summed E-state index contributed by atoms with van der Waals surface area (Å²) in [7, 11) is -3.69. The predicted molar refractivity (Wildman–Crippen MR) is 106 cm³/mol. The minimum absolute atomic E-state index is 0.0502. The summed E-state index contributed by atoms with van der Waals surface area (Å²) >= 11 is 12.0. The molecule has 2 aromatic rings. The number of amides is 1. The third-order valence-corrected chi connectivity index (χ3v) is 7.24. The van der Waals surface area contributed by atoms with E-state index < -0.39 is 15.8 Å². The van der Waals surface area contributed by atoms with Gasteiger partial charge in [0.05, 0.1) is 4.90 Å². The minimum Gasteiger partial charge on any atom is -0.352 e. The summed E-state index contributed by atoms with van der Waals surface area (Å²) in [4.78, 5) is 12.5. The van der Waals surface area contributed by atoms with Gasteiger partial charge in [-0.05, 0) is 54.8 Å². The molecule has 2 aromatic carbocycles. The summed E-state index contributed by atoms with van der Waals surface area (Å²) in [6, 6.07) is 9.81. The molecule has 28 heavy (non-hydrogen) atoms. The van der Waals surface area contributed by atoms with Crippen LogP contribution in [0.2, 0.25) is 10.0 Å². The van der Waals surface area contributed by atoms with Gasteiger partial charge in [0, 0.05) is 35.6 Å². The smallest absolute Gasteiger partial charge is 0.243 e. The van der Waals surface area contributed by atoms with Crippen molar-refractivity contribution >= 4 is 39.1 Å². The molecule has 150 valence electrons. The number of rotatable bonds is 5. The summed E-state index contributed by atoms with van der Waals surface area (Å²) in [6.45, 7) is 0.752. The van der Waals surface area contributed by atoms with Crippen molar-refractivity contribution in [2.24, 2.45) is 5.92 Å². The third kappa shape index (κ3) is 4.84. The summed E-state index contributed by atoms with van der Waals surface area (Å²) in [5.41, 5.74) is 0.760. The maximum Gasteiger partial charge on any atom is 0.243 e. The van der Waals surface area contributed by atoms with Crippen LogP contribution in [0.15, 0.2) is 47.4 Å². The molecule has 1 N–H and O–H groups in total. The first kappa shape index (κ1) is 21.0. The first-order valence-corrected chi connectivity index (χ1v) is 10.9. The van der Waals surface area contributed by atoms with Crippen molar-refractivity contribution in [3.05, 3.63) is 63.9 Å². The van der Waals surface area contributed by atoms with Crippen molar-refractivity contribution in [3.63, 3.8) is 0 Å². The largest absolute Gasteiger partial charge is 0.352 e. The predicted octanol–water partition coefficient (Wildman–Crippen LogP) is 3.85. The van der Waals surface area contributed by atoms with Crippen LogP contribution in [0.3, 0.4) is 0 Å². The third-order valence-electron chi connectivity index (χ3n) is 4.74. The molecule has 1 amide bonds. The molecule has 1 aliphatic rings. The lowest BCUT2D eigenvalue weighted by atomic mass is 9.97. The van der Waals surface area contributed by atoms with E-state index in [0.717, 1.165) is 17.7 Å². The Morgan fingerprint density at radius 1 is 1.11 bits per heavy atom. The van der Waals surface area contributed by atoms with Crippen molar-refractivity contribution in [2.75, 3.05) is 13.1 Å². The SMILES string of the molecule is O=C(NCc1ccc(Cl)cc1Cl)C1CCN(S(=O)(=O)c2ccc(F)cc2)CC1. The normalized spacial score (nSPS) is 16.1. The molecule has 0 aromatic heterocycles. The molecule has 5 nitrogen and oxygen atoms in total. The van der Waals surface area contributed by atoms with Crippen LogP contribution in [-0.4, -0.2) is 31.7 Å². The zero-order valence-electron chi connectivity index (χ0n) is 14.9. The van der Waals surface area contributed by atoms with Crippen LogP contribution < -0.4 is 5.32 Å². The van der Waals surface area contributed by atoms with E-state index in [4.69, 9.17) is 23.2 Å². The van der Waals surface area contributed by atoms with E-state index in [9.17, 15) is 17.6 Å². The molecule has 9 heteroatoms. The fraction of sp³-hybridized carbons (Fsp3) is 0.316. The second-order valence-corrected chi connectivity index (χ2v) is 9.37. The summed E-state index contributed by atoms with van der Waals surface area (Å²) in [5, 5.41) is 3.85. The molecule has 3 rings (SSSR count). The molecule has 0 saturated carbocycles. The fourth-order valence-electron chi connectivity index (χ4n) is 3.11. The van der Waals surface area contributed by atoms with Crippen molar-refractivity contribution in [1.29, 1.82) is 0 Å². The Morgan fingerprint density at radius 3 is 2.36 bits per heavy atom. The number of nitrogens with one attached hydrogen (secondary N) is 1. The minimum atomic E-state index is -3.69. The van der Waals surface area contributed by atoms with Gasteiger partial charge in [-0.1, -0.05) is 29.3 Å². The van der Waals surface area contributed by atoms with Crippen LogP contribution in [0.5, 0.6) is 0 Å². The lowest BCUT2D eigenvalue weighted by molar-refractivity contribution is -0.126.